The highest BCUT2D eigenvalue weighted by Gasteiger charge is 2.17. The Bertz CT molecular complexity index is 1240. The molecule has 1 unspecified atom stereocenters. The van der Waals surface area contributed by atoms with Gasteiger partial charge in [-0.2, -0.15) is 0 Å². The normalized spacial score (nSPS) is 11.6. The minimum Gasteiger partial charge on any atom is -0.493 e. The van der Waals surface area contributed by atoms with Crippen LogP contribution < -0.4 is 20.1 Å². The molecule has 0 saturated carbocycles. The van der Waals surface area contributed by atoms with E-state index in [4.69, 9.17) is 14.6 Å². The Balaban J connectivity index is 1.57. The summed E-state index contributed by atoms with van der Waals surface area (Å²) < 4.78 is 10.6. The Kier molecular flexibility index (Phi) is 8.87. The van der Waals surface area contributed by atoms with Crippen LogP contribution in [0.5, 0.6) is 11.5 Å². The molecule has 2 aromatic carbocycles. The molecule has 11 heteroatoms. The molecule has 0 fully saturated rings. The first-order valence-corrected chi connectivity index (χ1v) is 12.0. The van der Waals surface area contributed by atoms with Crippen molar-refractivity contribution < 1.29 is 29.0 Å². The van der Waals surface area contributed by atoms with Gasteiger partial charge in [0.15, 0.2) is 16.6 Å². The summed E-state index contributed by atoms with van der Waals surface area (Å²) in [5, 5.41) is 15.9. The summed E-state index contributed by atoms with van der Waals surface area (Å²) in [5.41, 5.74) is 2.06. The van der Waals surface area contributed by atoms with E-state index in [2.05, 4.69) is 15.6 Å². The largest absolute Gasteiger partial charge is 0.493 e. The number of carbonyl (C=O) groups excluding carboxylic acids is 2. The number of carboxylic acids is 1. The molecule has 1 atom stereocenters. The van der Waals surface area contributed by atoms with Gasteiger partial charge in [-0.1, -0.05) is 0 Å². The van der Waals surface area contributed by atoms with E-state index >= 15 is 0 Å². The molecular weight excluding hydrogens is 490 g/mol. The van der Waals surface area contributed by atoms with E-state index < -0.39 is 17.1 Å². The van der Waals surface area contributed by atoms with Crippen LogP contribution in [0.3, 0.4) is 0 Å². The van der Waals surface area contributed by atoms with Crippen molar-refractivity contribution >= 4 is 51.7 Å². The van der Waals surface area contributed by atoms with E-state index in [1.54, 1.807) is 51.5 Å². The maximum Gasteiger partial charge on any atom is 0.328 e. The Morgan fingerprint density at radius 2 is 1.74 bits per heavy atom. The molecule has 182 valence electrons. The summed E-state index contributed by atoms with van der Waals surface area (Å²) in [6.45, 7) is 1.79. The van der Waals surface area contributed by atoms with Crippen LogP contribution in [-0.2, 0) is 14.4 Å². The molecule has 0 aliphatic carbocycles. The number of carbonyl (C=O) groups is 3. The van der Waals surface area contributed by atoms with Crippen LogP contribution in [0.15, 0.2) is 64.9 Å². The molecule has 0 spiro atoms. The zero-order valence-electron chi connectivity index (χ0n) is 19.1. The van der Waals surface area contributed by atoms with Crippen molar-refractivity contribution in [1.82, 2.24) is 4.98 Å². The highest BCUT2D eigenvalue weighted by Crippen LogP contribution is 2.34. The minimum absolute atomic E-state index is 0.195. The van der Waals surface area contributed by atoms with Crippen molar-refractivity contribution in [3.63, 3.8) is 0 Å². The lowest BCUT2D eigenvalue weighted by atomic mass is 10.1. The van der Waals surface area contributed by atoms with Gasteiger partial charge in [-0.25, -0.2) is 9.78 Å². The van der Waals surface area contributed by atoms with E-state index in [-0.39, 0.29) is 5.91 Å². The highest BCUT2D eigenvalue weighted by molar-refractivity contribution is 8.00. The van der Waals surface area contributed by atoms with Crippen molar-refractivity contribution in [2.24, 2.45) is 0 Å². The van der Waals surface area contributed by atoms with Crippen LogP contribution >= 0.6 is 23.1 Å². The quantitative estimate of drug-likeness (QED) is 0.267. The zero-order chi connectivity index (χ0) is 25.4. The number of aromatic nitrogens is 1. The summed E-state index contributed by atoms with van der Waals surface area (Å²) in [7, 11) is 3.14. The third-order valence-corrected chi connectivity index (χ3v) is 6.46. The van der Waals surface area contributed by atoms with Gasteiger partial charge in [0.1, 0.15) is 0 Å². The lowest BCUT2D eigenvalue weighted by molar-refractivity contribution is -0.131. The molecule has 0 aliphatic rings. The van der Waals surface area contributed by atoms with Crippen molar-refractivity contribution in [2.45, 2.75) is 17.1 Å². The molecular formula is C24H23N3O6S2. The monoisotopic (exact) mass is 513 g/mol. The Hall–Kier alpha value is -3.83. The smallest absolute Gasteiger partial charge is 0.328 e. The van der Waals surface area contributed by atoms with Gasteiger partial charge in [0, 0.05) is 33.7 Å². The molecule has 1 heterocycles. The second kappa shape index (κ2) is 12.0. The van der Waals surface area contributed by atoms with E-state index in [1.807, 2.05) is 17.5 Å². The fourth-order valence-corrected chi connectivity index (χ4v) is 4.46. The maximum atomic E-state index is 12.7. The number of carboxylic acid groups (broad SMARTS) is 1. The molecule has 0 saturated heterocycles. The number of methoxy groups -OCH3 is 2. The first-order chi connectivity index (χ1) is 16.8. The van der Waals surface area contributed by atoms with Crippen LogP contribution in [-0.4, -0.2) is 47.3 Å². The number of anilines is 2. The number of nitrogens with zero attached hydrogens (tertiary/aromatic N) is 1. The van der Waals surface area contributed by atoms with E-state index in [9.17, 15) is 14.4 Å². The maximum absolute atomic E-state index is 12.7. The third kappa shape index (κ3) is 7.33. The van der Waals surface area contributed by atoms with Crippen LogP contribution in [0.4, 0.5) is 10.8 Å². The number of amides is 2. The Labute approximate surface area is 210 Å². The predicted molar refractivity (Wildman–Crippen MR) is 136 cm³/mol. The highest BCUT2D eigenvalue weighted by atomic mass is 32.2. The number of thiazole rings is 1. The van der Waals surface area contributed by atoms with Gasteiger partial charge in [-0.15, -0.1) is 23.1 Å². The number of thioether (sulfide) groups is 1. The fraction of sp³-hybridized carbons (Fsp3) is 0.167. The van der Waals surface area contributed by atoms with Crippen molar-refractivity contribution in [3.05, 3.63) is 60.0 Å². The lowest BCUT2D eigenvalue weighted by Gasteiger charge is -2.11. The van der Waals surface area contributed by atoms with E-state index in [0.29, 0.717) is 28.0 Å². The van der Waals surface area contributed by atoms with Gasteiger partial charge < -0.3 is 25.2 Å². The summed E-state index contributed by atoms with van der Waals surface area (Å²) in [4.78, 5) is 40.1. The van der Waals surface area contributed by atoms with Crippen molar-refractivity contribution in [2.75, 3.05) is 24.9 Å². The van der Waals surface area contributed by atoms with Gasteiger partial charge >= 0.3 is 5.97 Å². The molecule has 0 bridgehead atoms. The number of ether oxygens (including phenoxy) is 2. The number of rotatable bonds is 10. The average Bonchev–Trinajstić information content (AvgIpc) is 3.31. The van der Waals surface area contributed by atoms with Crippen LogP contribution in [0, 0.1) is 0 Å². The molecule has 35 heavy (non-hydrogen) atoms. The summed E-state index contributed by atoms with van der Waals surface area (Å²) >= 11 is 2.68. The van der Waals surface area contributed by atoms with Crippen molar-refractivity contribution in [3.8, 4) is 22.8 Å². The van der Waals surface area contributed by atoms with E-state index in [0.717, 1.165) is 22.6 Å². The molecule has 3 N–H and O–H groups in total. The van der Waals surface area contributed by atoms with E-state index in [1.165, 1.54) is 23.1 Å². The summed E-state index contributed by atoms with van der Waals surface area (Å²) in [5.74, 6) is -0.725. The number of benzene rings is 2. The topological polar surface area (TPSA) is 127 Å². The average molecular weight is 514 g/mol. The molecule has 2 amide bonds. The standard InChI is InChI=1S/C24H23N3O6S2/c1-14(35-17-7-5-16(6-8-17)25-21(28)10-11-22(29)30)23(31)27-24-26-18(13-34-24)15-4-9-19(32-2)20(12-15)33-3/h4-14H,1-3H3,(H,25,28)(H,29,30)(H,26,27,31)/b11-10+. The second-order valence-corrected chi connectivity index (χ2v) is 9.31. The van der Waals surface area contributed by atoms with Gasteiger partial charge in [0.05, 0.1) is 25.2 Å². The molecule has 9 nitrogen and oxygen atoms in total. The Morgan fingerprint density at radius 3 is 2.40 bits per heavy atom. The number of aliphatic carboxylic acids is 1. The molecule has 3 rings (SSSR count). The van der Waals surface area contributed by atoms with Crippen LogP contribution in [0.1, 0.15) is 6.92 Å². The van der Waals surface area contributed by atoms with Gasteiger partial charge in [0.25, 0.3) is 0 Å². The van der Waals surface area contributed by atoms with Crippen LogP contribution in [0.2, 0.25) is 0 Å². The predicted octanol–water partition coefficient (Wildman–Crippen LogP) is 4.53. The summed E-state index contributed by atoms with van der Waals surface area (Å²) in [6.07, 6.45) is 1.70. The first-order valence-electron chi connectivity index (χ1n) is 10.3. The molecule has 3 aromatic rings. The number of hydrogen-bond acceptors (Lipinski definition) is 8. The van der Waals surface area contributed by atoms with Crippen LogP contribution in [0.25, 0.3) is 11.3 Å². The zero-order valence-corrected chi connectivity index (χ0v) is 20.7. The third-order valence-electron chi connectivity index (χ3n) is 4.59. The fourth-order valence-electron chi connectivity index (χ4n) is 2.87. The molecule has 1 aromatic heterocycles. The van der Waals surface area contributed by atoms with Gasteiger partial charge in [-0.05, 0) is 49.4 Å². The second-order valence-electron chi connectivity index (χ2n) is 7.04. The molecule has 0 aliphatic heterocycles. The van der Waals surface area contributed by atoms with Gasteiger partial charge in [0.2, 0.25) is 11.8 Å². The molecule has 0 radical (unpaired) electrons. The summed E-state index contributed by atoms with van der Waals surface area (Å²) in [6, 6.07) is 12.4. The minimum atomic E-state index is -1.20. The first kappa shape index (κ1) is 25.8. The number of nitrogens with one attached hydrogen (secondary N) is 2. The number of hydrogen-bond donors (Lipinski definition) is 3. The Morgan fingerprint density at radius 1 is 1.03 bits per heavy atom. The van der Waals surface area contributed by atoms with Gasteiger partial charge in [-0.3, -0.25) is 9.59 Å². The van der Waals surface area contributed by atoms with Crippen molar-refractivity contribution in [1.29, 1.82) is 0 Å². The SMILES string of the molecule is COc1ccc(-c2csc(NC(=O)C(C)Sc3ccc(NC(=O)/C=C/C(=O)O)cc3)n2)cc1OC. The lowest BCUT2D eigenvalue weighted by Crippen LogP contribution is -2.22.